The fraction of sp³-hybridized carbons (Fsp3) is 0.389. The van der Waals surface area contributed by atoms with E-state index in [9.17, 15) is 9.59 Å². The van der Waals surface area contributed by atoms with Crippen molar-refractivity contribution in [3.8, 4) is 0 Å². The van der Waals surface area contributed by atoms with Gasteiger partial charge in [-0.2, -0.15) is 0 Å². The number of piperidine rings is 1. The van der Waals surface area contributed by atoms with Crippen LogP contribution in [0.1, 0.15) is 28.9 Å². The molecule has 1 aliphatic heterocycles. The Labute approximate surface area is 156 Å². The van der Waals surface area contributed by atoms with Crippen LogP contribution in [-0.2, 0) is 11.3 Å². The first kappa shape index (κ1) is 18.3. The highest BCUT2D eigenvalue weighted by molar-refractivity contribution is 6.30. The van der Waals surface area contributed by atoms with Crippen molar-refractivity contribution >= 4 is 23.6 Å². The molecule has 1 fully saturated rings. The maximum atomic E-state index is 12.2. The molecule has 1 aromatic carbocycles. The van der Waals surface area contributed by atoms with Crippen LogP contribution in [0.2, 0.25) is 5.02 Å². The smallest absolute Gasteiger partial charge is 0.410 e. The Morgan fingerprint density at radius 3 is 2.65 bits per heavy atom. The second-order valence-corrected chi connectivity index (χ2v) is 6.72. The Hall–Kier alpha value is -2.54. The van der Waals surface area contributed by atoms with Gasteiger partial charge >= 0.3 is 6.09 Å². The molecule has 0 atom stereocenters. The van der Waals surface area contributed by atoms with Gasteiger partial charge in [0.25, 0.3) is 5.91 Å². The third-order valence-corrected chi connectivity index (χ3v) is 4.69. The van der Waals surface area contributed by atoms with Crippen molar-refractivity contribution in [2.24, 2.45) is 5.92 Å². The molecule has 26 heavy (non-hydrogen) atoms. The van der Waals surface area contributed by atoms with E-state index in [4.69, 9.17) is 16.3 Å². The minimum Gasteiger partial charge on any atom is -0.445 e. The molecule has 0 aliphatic carbocycles. The number of ether oxygens (including phenoxy) is 1. The first-order chi connectivity index (χ1) is 12.6. The van der Waals surface area contributed by atoms with Gasteiger partial charge in [0.1, 0.15) is 12.3 Å². The van der Waals surface area contributed by atoms with Crippen LogP contribution in [0, 0.1) is 5.92 Å². The molecule has 0 bridgehead atoms. The zero-order valence-corrected chi connectivity index (χ0v) is 15.0. The lowest BCUT2D eigenvalue weighted by atomic mass is 9.97. The number of benzene rings is 1. The van der Waals surface area contributed by atoms with E-state index in [2.05, 4.69) is 15.3 Å². The van der Waals surface area contributed by atoms with Crippen molar-refractivity contribution in [3.05, 3.63) is 53.1 Å². The van der Waals surface area contributed by atoms with Crippen LogP contribution in [0.5, 0.6) is 0 Å². The average molecular weight is 377 g/mol. The number of nitrogens with one attached hydrogen (secondary N) is 2. The van der Waals surface area contributed by atoms with Gasteiger partial charge in [0.15, 0.2) is 0 Å². The van der Waals surface area contributed by atoms with E-state index in [1.165, 1.54) is 12.5 Å². The van der Waals surface area contributed by atoms with Crippen LogP contribution >= 0.6 is 11.6 Å². The van der Waals surface area contributed by atoms with Crippen molar-refractivity contribution in [2.45, 2.75) is 19.4 Å². The van der Waals surface area contributed by atoms with Crippen molar-refractivity contribution in [2.75, 3.05) is 19.6 Å². The van der Waals surface area contributed by atoms with E-state index in [-0.39, 0.29) is 18.6 Å². The number of carbonyl (C=O) groups is 2. The Morgan fingerprint density at radius 1 is 1.27 bits per heavy atom. The largest absolute Gasteiger partial charge is 0.445 e. The normalized spacial score (nSPS) is 14.9. The van der Waals surface area contributed by atoms with Crippen LogP contribution in [0.15, 0.2) is 36.8 Å². The molecule has 2 aromatic rings. The van der Waals surface area contributed by atoms with E-state index in [1.54, 1.807) is 17.0 Å². The Morgan fingerprint density at radius 2 is 2.00 bits per heavy atom. The number of hydrogen-bond acceptors (Lipinski definition) is 4. The van der Waals surface area contributed by atoms with Crippen LogP contribution in [0.3, 0.4) is 0 Å². The molecule has 138 valence electrons. The second-order valence-electron chi connectivity index (χ2n) is 6.29. The number of nitrogens with zero attached hydrogens (tertiary/aromatic N) is 2. The third kappa shape index (κ3) is 4.98. The summed E-state index contributed by atoms with van der Waals surface area (Å²) in [5.41, 5.74) is 1.35. The summed E-state index contributed by atoms with van der Waals surface area (Å²) in [5.74, 6) is 0.189. The molecular formula is C18H21ClN4O3. The van der Waals surface area contributed by atoms with Crippen molar-refractivity contribution < 1.29 is 14.3 Å². The van der Waals surface area contributed by atoms with E-state index < -0.39 is 0 Å². The second kappa shape index (κ2) is 8.71. The number of hydrogen-bond donors (Lipinski definition) is 2. The highest BCUT2D eigenvalue weighted by atomic mass is 35.5. The molecule has 7 nitrogen and oxygen atoms in total. The topological polar surface area (TPSA) is 87.3 Å². The summed E-state index contributed by atoms with van der Waals surface area (Å²) in [4.78, 5) is 32.4. The zero-order valence-electron chi connectivity index (χ0n) is 14.3. The molecule has 1 aromatic heterocycles. The summed E-state index contributed by atoms with van der Waals surface area (Å²) < 4.78 is 5.35. The molecule has 8 heteroatoms. The summed E-state index contributed by atoms with van der Waals surface area (Å²) in [6.45, 7) is 2.08. The molecule has 0 unspecified atom stereocenters. The number of aromatic nitrogens is 2. The van der Waals surface area contributed by atoms with Crippen molar-refractivity contribution in [3.63, 3.8) is 0 Å². The predicted molar refractivity (Wildman–Crippen MR) is 96.9 cm³/mol. The van der Waals surface area contributed by atoms with Gasteiger partial charge in [0.2, 0.25) is 0 Å². The van der Waals surface area contributed by atoms with E-state index in [0.29, 0.717) is 36.3 Å². The SMILES string of the molecule is O=C(NCC1CCN(C(=O)OCc2ccc(Cl)cc2)CC1)c1cnc[nH]1. The van der Waals surface area contributed by atoms with Gasteiger partial charge in [0.05, 0.1) is 12.5 Å². The number of rotatable bonds is 5. The number of aromatic amines is 1. The number of likely N-dealkylation sites (tertiary alicyclic amines) is 1. The number of H-pyrrole nitrogens is 1. The third-order valence-electron chi connectivity index (χ3n) is 4.44. The summed E-state index contributed by atoms with van der Waals surface area (Å²) >= 11 is 5.84. The first-order valence-corrected chi connectivity index (χ1v) is 8.92. The van der Waals surface area contributed by atoms with Gasteiger partial charge in [-0.25, -0.2) is 9.78 Å². The van der Waals surface area contributed by atoms with E-state index in [1.807, 2.05) is 12.1 Å². The van der Waals surface area contributed by atoms with Crippen LogP contribution in [0.25, 0.3) is 0 Å². The zero-order chi connectivity index (χ0) is 18.4. The fourth-order valence-electron chi connectivity index (χ4n) is 2.85. The monoisotopic (exact) mass is 376 g/mol. The summed E-state index contributed by atoms with van der Waals surface area (Å²) in [6.07, 6.45) is 4.33. The molecule has 2 heterocycles. The highest BCUT2D eigenvalue weighted by Gasteiger charge is 2.24. The summed E-state index contributed by atoms with van der Waals surface area (Å²) in [5, 5.41) is 3.55. The lowest BCUT2D eigenvalue weighted by Crippen LogP contribution is -2.41. The molecular weight excluding hydrogens is 356 g/mol. The quantitative estimate of drug-likeness (QED) is 0.840. The van der Waals surface area contributed by atoms with Crippen LogP contribution in [-0.4, -0.2) is 46.5 Å². The Bertz CT molecular complexity index is 725. The Balaban J connectivity index is 1.37. The number of halogens is 1. The average Bonchev–Trinajstić information content (AvgIpc) is 3.21. The minimum absolute atomic E-state index is 0.160. The summed E-state index contributed by atoms with van der Waals surface area (Å²) in [7, 11) is 0. The standard InChI is InChI=1S/C18H21ClN4O3/c19-15-3-1-14(2-4-15)11-26-18(25)23-7-5-13(6-8-23)9-21-17(24)16-10-20-12-22-16/h1-4,10,12-13H,5-9,11H2,(H,20,22)(H,21,24). The van der Waals surface area contributed by atoms with Crippen LogP contribution < -0.4 is 5.32 Å². The fourth-order valence-corrected chi connectivity index (χ4v) is 2.97. The van der Waals surface area contributed by atoms with Crippen molar-refractivity contribution in [1.82, 2.24) is 20.2 Å². The predicted octanol–water partition coefficient (Wildman–Crippen LogP) is 2.84. The number of imidazole rings is 1. The minimum atomic E-state index is -0.306. The molecule has 0 radical (unpaired) electrons. The molecule has 0 spiro atoms. The Kier molecular flexibility index (Phi) is 6.12. The maximum Gasteiger partial charge on any atom is 0.410 e. The summed E-state index contributed by atoms with van der Waals surface area (Å²) in [6, 6.07) is 7.22. The molecule has 1 saturated heterocycles. The van der Waals surface area contributed by atoms with Gasteiger partial charge < -0.3 is 19.9 Å². The van der Waals surface area contributed by atoms with Crippen molar-refractivity contribution in [1.29, 1.82) is 0 Å². The van der Waals surface area contributed by atoms with Gasteiger partial charge in [-0.05, 0) is 36.5 Å². The van der Waals surface area contributed by atoms with E-state index >= 15 is 0 Å². The highest BCUT2D eigenvalue weighted by Crippen LogP contribution is 2.18. The lowest BCUT2D eigenvalue weighted by molar-refractivity contribution is 0.0800. The van der Waals surface area contributed by atoms with Crippen LogP contribution in [0.4, 0.5) is 4.79 Å². The first-order valence-electron chi connectivity index (χ1n) is 8.54. The lowest BCUT2D eigenvalue weighted by Gasteiger charge is -2.31. The molecule has 0 saturated carbocycles. The van der Waals surface area contributed by atoms with E-state index in [0.717, 1.165) is 18.4 Å². The van der Waals surface area contributed by atoms with Gasteiger partial charge in [-0.3, -0.25) is 4.79 Å². The van der Waals surface area contributed by atoms with Gasteiger partial charge in [-0.1, -0.05) is 23.7 Å². The molecule has 2 N–H and O–H groups in total. The molecule has 1 aliphatic rings. The number of carbonyl (C=O) groups excluding carboxylic acids is 2. The van der Waals surface area contributed by atoms with Gasteiger partial charge in [0, 0.05) is 24.7 Å². The van der Waals surface area contributed by atoms with Gasteiger partial charge in [-0.15, -0.1) is 0 Å². The molecule has 2 amide bonds. The number of amides is 2. The maximum absolute atomic E-state index is 12.2. The molecule has 3 rings (SSSR count).